The highest BCUT2D eigenvalue weighted by molar-refractivity contribution is 5.76. The molecule has 2 aliphatic rings. The van der Waals surface area contributed by atoms with E-state index in [0.29, 0.717) is 12.0 Å². The molecule has 0 aromatic rings. The lowest BCUT2D eigenvalue weighted by Gasteiger charge is -2.34. The molecule has 2 rings (SSSR count). The van der Waals surface area contributed by atoms with Crippen molar-refractivity contribution in [3.05, 3.63) is 0 Å². The van der Waals surface area contributed by atoms with E-state index in [9.17, 15) is 4.79 Å². The molecule has 0 bridgehead atoms. The zero-order valence-corrected chi connectivity index (χ0v) is 8.24. The lowest BCUT2D eigenvalue weighted by atomic mass is 10.2. The van der Waals surface area contributed by atoms with Crippen LogP contribution in [0.2, 0.25) is 0 Å². The van der Waals surface area contributed by atoms with E-state index in [4.69, 9.17) is 0 Å². The van der Waals surface area contributed by atoms with Crippen LogP contribution in [0.3, 0.4) is 0 Å². The third-order valence-corrected chi connectivity index (χ3v) is 2.83. The molecule has 1 aliphatic carbocycles. The summed E-state index contributed by atoms with van der Waals surface area (Å²) in [6.45, 7) is 0. The molecule has 0 radical (unpaired) electrons. The third kappa shape index (κ3) is 1.28. The highest BCUT2D eigenvalue weighted by Gasteiger charge is 2.53. The minimum Gasteiger partial charge on any atom is -0.321 e. The van der Waals surface area contributed by atoms with Gasteiger partial charge in [-0.25, -0.2) is 10.2 Å². The Bertz CT molecular complexity index is 230. The highest BCUT2D eigenvalue weighted by Crippen LogP contribution is 2.40. The summed E-state index contributed by atoms with van der Waals surface area (Å²) in [4.78, 5) is 13.6. The van der Waals surface area contributed by atoms with Crippen molar-refractivity contribution in [2.45, 2.75) is 18.6 Å². The van der Waals surface area contributed by atoms with Gasteiger partial charge >= 0.3 is 6.03 Å². The number of carbonyl (C=O) groups excluding carboxylic acids is 1. The molecule has 2 fully saturated rings. The van der Waals surface area contributed by atoms with Gasteiger partial charge in [-0.1, -0.05) is 0 Å². The fraction of sp³-hybridized carbons (Fsp3) is 0.875. The van der Waals surface area contributed by atoms with Crippen molar-refractivity contribution in [2.75, 3.05) is 21.1 Å². The molecule has 2 N–H and O–H groups in total. The van der Waals surface area contributed by atoms with E-state index < -0.39 is 0 Å². The molecule has 2 amide bonds. The van der Waals surface area contributed by atoms with Gasteiger partial charge in [0, 0.05) is 13.0 Å². The van der Waals surface area contributed by atoms with Gasteiger partial charge in [-0.2, -0.15) is 0 Å². The molecule has 0 aromatic carbocycles. The molecule has 1 saturated heterocycles. The molecule has 13 heavy (non-hydrogen) atoms. The number of hydrazine groups is 1. The van der Waals surface area contributed by atoms with E-state index in [0.717, 1.165) is 6.42 Å². The molecule has 1 saturated carbocycles. The van der Waals surface area contributed by atoms with Crippen molar-refractivity contribution in [3.8, 4) is 0 Å². The second-order valence-corrected chi connectivity index (χ2v) is 3.92. The molecular weight excluding hydrogens is 168 g/mol. The third-order valence-electron chi connectivity index (χ3n) is 2.83. The monoisotopic (exact) mass is 184 g/mol. The first-order chi connectivity index (χ1) is 6.15. The Morgan fingerprint density at radius 2 is 2.31 bits per heavy atom. The Morgan fingerprint density at radius 1 is 1.62 bits per heavy atom. The number of rotatable bonds is 2. The maximum absolute atomic E-state index is 11.5. The van der Waals surface area contributed by atoms with Crippen LogP contribution in [-0.2, 0) is 0 Å². The van der Waals surface area contributed by atoms with Gasteiger partial charge in [-0.3, -0.25) is 9.91 Å². The number of fused-ring (bicyclic) bond motifs is 1. The topological polar surface area (TPSA) is 47.6 Å². The van der Waals surface area contributed by atoms with Crippen LogP contribution in [0, 0.1) is 5.92 Å². The van der Waals surface area contributed by atoms with E-state index in [-0.39, 0.29) is 12.2 Å². The minimum absolute atomic E-state index is 0.0139. The molecule has 3 atom stereocenters. The maximum atomic E-state index is 11.5. The molecule has 5 nitrogen and oxygen atoms in total. The fourth-order valence-electron chi connectivity index (χ4n) is 2.07. The van der Waals surface area contributed by atoms with Crippen molar-refractivity contribution >= 4 is 6.03 Å². The van der Waals surface area contributed by atoms with Crippen LogP contribution >= 0.6 is 0 Å². The number of amides is 2. The second kappa shape index (κ2) is 2.85. The lowest BCUT2D eigenvalue weighted by molar-refractivity contribution is 0.112. The predicted molar refractivity (Wildman–Crippen MR) is 48.8 cm³/mol. The maximum Gasteiger partial charge on any atom is 0.333 e. The summed E-state index contributed by atoms with van der Waals surface area (Å²) in [7, 11) is 5.77. The number of urea groups is 1. The largest absolute Gasteiger partial charge is 0.333 e. The molecule has 0 spiro atoms. The van der Waals surface area contributed by atoms with Crippen LogP contribution in [0.15, 0.2) is 0 Å². The average molecular weight is 184 g/mol. The number of nitrogens with one attached hydrogen (secondary N) is 2. The first-order valence-corrected chi connectivity index (χ1v) is 4.58. The Kier molecular flexibility index (Phi) is 1.92. The summed E-state index contributed by atoms with van der Waals surface area (Å²) < 4.78 is 0. The lowest BCUT2D eigenvalue weighted by Crippen LogP contribution is -2.60. The van der Waals surface area contributed by atoms with Gasteiger partial charge in [0.15, 0.2) is 0 Å². The van der Waals surface area contributed by atoms with Crippen LogP contribution in [-0.4, -0.2) is 49.3 Å². The normalized spacial score (nSPS) is 37.4. The summed E-state index contributed by atoms with van der Waals surface area (Å²) in [6, 6.07) is 0.381. The van der Waals surface area contributed by atoms with E-state index in [1.54, 1.807) is 12.1 Å². The number of carbonyl (C=O) groups is 1. The molecule has 74 valence electrons. The smallest absolute Gasteiger partial charge is 0.321 e. The second-order valence-electron chi connectivity index (χ2n) is 3.92. The van der Waals surface area contributed by atoms with E-state index in [1.807, 2.05) is 14.1 Å². The van der Waals surface area contributed by atoms with Gasteiger partial charge in [-0.05, 0) is 20.5 Å². The zero-order valence-electron chi connectivity index (χ0n) is 8.24. The summed E-state index contributed by atoms with van der Waals surface area (Å²) >= 11 is 0. The zero-order chi connectivity index (χ0) is 9.59. The van der Waals surface area contributed by atoms with Crippen LogP contribution in [0.4, 0.5) is 4.79 Å². The van der Waals surface area contributed by atoms with Crippen molar-refractivity contribution in [3.63, 3.8) is 0 Å². The van der Waals surface area contributed by atoms with Crippen molar-refractivity contribution in [1.82, 2.24) is 20.7 Å². The molecule has 1 aliphatic heterocycles. The predicted octanol–water partition coefficient (Wildman–Crippen LogP) is -0.578. The molecule has 0 aromatic heterocycles. The summed E-state index contributed by atoms with van der Waals surface area (Å²) in [5.41, 5.74) is 2.91. The van der Waals surface area contributed by atoms with Gasteiger partial charge in [0.25, 0.3) is 0 Å². The molecule has 1 heterocycles. The fourth-order valence-corrected chi connectivity index (χ4v) is 2.07. The Labute approximate surface area is 78.0 Å². The molecule has 5 heteroatoms. The quantitative estimate of drug-likeness (QED) is 0.604. The van der Waals surface area contributed by atoms with Gasteiger partial charge in [-0.15, -0.1) is 0 Å². The highest BCUT2D eigenvalue weighted by atomic mass is 16.2. The van der Waals surface area contributed by atoms with Crippen LogP contribution in [0.25, 0.3) is 0 Å². The summed E-state index contributed by atoms with van der Waals surface area (Å²) in [5.74, 6) is 0.583. The van der Waals surface area contributed by atoms with Crippen molar-refractivity contribution in [2.24, 2.45) is 5.92 Å². The molecular formula is C8H16N4O. The Balaban J connectivity index is 2.07. The average Bonchev–Trinajstić information content (AvgIpc) is 2.81. The van der Waals surface area contributed by atoms with Gasteiger partial charge in [0.2, 0.25) is 0 Å². The first kappa shape index (κ1) is 8.77. The summed E-state index contributed by atoms with van der Waals surface area (Å²) in [5, 5.41) is 4.64. The standard InChI is InChI=1S/C8H16N4O/c1-9-12-6-4-5(6)7(11(2)3)10-8(12)13/h5-7,9H,4H2,1-3H3,(H,10,13). The van der Waals surface area contributed by atoms with Crippen LogP contribution in [0.1, 0.15) is 6.42 Å². The van der Waals surface area contributed by atoms with Gasteiger partial charge in [0.05, 0.1) is 12.2 Å². The van der Waals surface area contributed by atoms with Crippen LogP contribution in [0.5, 0.6) is 0 Å². The number of hydrogen-bond donors (Lipinski definition) is 2. The SMILES string of the molecule is CNN1C(=O)NC(N(C)C)C2CC21. The molecule has 3 unspecified atom stereocenters. The Hall–Kier alpha value is -0.810. The van der Waals surface area contributed by atoms with Gasteiger partial charge in [0.1, 0.15) is 0 Å². The van der Waals surface area contributed by atoms with Gasteiger partial charge < -0.3 is 5.32 Å². The number of hydrogen-bond acceptors (Lipinski definition) is 3. The number of nitrogens with zero attached hydrogens (tertiary/aromatic N) is 2. The van der Waals surface area contributed by atoms with Crippen molar-refractivity contribution in [1.29, 1.82) is 0 Å². The van der Waals surface area contributed by atoms with E-state index in [1.165, 1.54) is 0 Å². The van der Waals surface area contributed by atoms with E-state index in [2.05, 4.69) is 15.6 Å². The summed E-state index contributed by atoms with van der Waals surface area (Å²) in [6.07, 6.45) is 1.31. The van der Waals surface area contributed by atoms with E-state index >= 15 is 0 Å². The Morgan fingerprint density at radius 3 is 2.85 bits per heavy atom. The van der Waals surface area contributed by atoms with Crippen molar-refractivity contribution < 1.29 is 4.79 Å². The minimum atomic E-state index is -0.0139. The first-order valence-electron chi connectivity index (χ1n) is 4.58. The van der Waals surface area contributed by atoms with Crippen LogP contribution < -0.4 is 10.7 Å².